The van der Waals surface area contributed by atoms with E-state index in [4.69, 9.17) is 15.2 Å². The first-order valence-corrected chi connectivity index (χ1v) is 11.4. The van der Waals surface area contributed by atoms with Gasteiger partial charge in [0, 0.05) is 37.7 Å². The predicted molar refractivity (Wildman–Crippen MR) is 110 cm³/mol. The maximum atomic E-state index is 13.3. The Morgan fingerprint density at radius 3 is 2.53 bits per heavy atom. The molecule has 1 aromatic heterocycles. The van der Waals surface area contributed by atoms with E-state index in [9.17, 15) is 18.4 Å². The Hall–Kier alpha value is -2.45. The molecule has 1 aromatic rings. The summed E-state index contributed by atoms with van der Waals surface area (Å²) in [6, 6.07) is 2.73. The van der Waals surface area contributed by atoms with E-state index < -0.39 is 11.3 Å². The number of carbonyl (C=O) groups is 2. The molecule has 2 heterocycles. The fourth-order valence-electron chi connectivity index (χ4n) is 6.53. The van der Waals surface area contributed by atoms with E-state index in [1.54, 1.807) is 4.90 Å². The molecule has 1 saturated heterocycles. The average molecular weight is 449 g/mol. The monoisotopic (exact) mass is 449 g/mol. The number of hydrogen-bond donors (Lipinski definition) is 1. The molecule has 6 rings (SSSR count). The SMILES string of the molecule is CC(F)(F)c1ccc(O[C@H]2CCN(C(=O)OC3C4CC5CC3CC(C(N)=O)(C5)C4)C2)nc1. The van der Waals surface area contributed by atoms with Crippen LogP contribution in [0, 0.1) is 23.2 Å². The zero-order chi connectivity index (χ0) is 22.7. The molecule has 5 aliphatic rings. The van der Waals surface area contributed by atoms with E-state index in [2.05, 4.69) is 4.98 Å². The summed E-state index contributed by atoms with van der Waals surface area (Å²) < 4.78 is 38.4. The molecule has 5 fully saturated rings. The summed E-state index contributed by atoms with van der Waals surface area (Å²) in [7, 11) is 0. The Kier molecular flexibility index (Phi) is 5.05. The minimum absolute atomic E-state index is 0.156. The zero-order valence-corrected chi connectivity index (χ0v) is 18.1. The lowest BCUT2D eigenvalue weighted by Crippen LogP contribution is -2.59. The highest BCUT2D eigenvalue weighted by atomic mass is 19.3. The highest BCUT2D eigenvalue weighted by Gasteiger charge is 2.59. The van der Waals surface area contributed by atoms with E-state index >= 15 is 0 Å². The van der Waals surface area contributed by atoms with Gasteiger partial charge < -0.3 is 20.1 Å². The zero-order valence-electron chi connectivity index (χ0n) is 18.1. The summed E-state index contributed by atoms with van der Waals surface area (Å²) in [6.07, 6.45) is 5.27. The number of likely N-dealkylation sites (tertiary alicyclic amines) is 1. The number of alkyl halides is 2. The number of carbonyl (C=O) groups excluding carboxylic acids is 2. The molecule has 174 valence electrons. The van der Waals surface area contributed by atoms with Crippen LogP contribution in [0.5, 0.6) is 5.88 Å². The molecule has 32 heavy (non-hydrogen) atoms. The van der Waals surface area contributed by atoms with Gasteiger partial charge in [0.1, 0.15) is 12.2 Å². The first kappa shape index (κ1) is 21.4. The van der Waals surface area contributed by atoms with E-state index in [0.717, 1.165) is 45.2 Å². The summed E-state index contributed by atoms with van der Waals surface area (Å²) in [5.41, 5.74) is 5.16. The number of pyridine rings is 1. The topological polar surface area (TPSA) is 94.7 Å². The smallest absolute Gasteiger partial charge is 0.410 e. The van der Waals surface area contributed by atoms with Crippen molar-refractivity contribution in [3.05, 3.63) is 23.9 Å². The van der Waals surface area contributed by atoms with E-state index in [0.29, 0.717) is 25.4 Å². The number of primary amides is 1. The number of nitrogens with two attached hydrogens (primary N) is 1. The molecule has 9 heteroatoms. The van der Waals surface area contributed by atoms with Crippen molar-refractivity contribution in [2.45, 2.75) is 63.6 Å². The average Bonchev–Trinajstić information content (AvgIpc) is 3.18. The summed E-state index contributed by atoms with van der Waals surface area (Å²) in [5, 5.41) is 0. The third-order valence-electron chi connectivity index (χ3n) is 7.88. The van der Waals surface area contributed by atoms with E-state index in [1.165, 1.54) is 12.1 Å². The Balaban J connectivity index is 1.16. The van der Waals surface area contributed by atoms with Crippen molar-refractivity contribution in [2.75, 3.05) is 13.1 Å². The van der Waals surface area contributed by atoms with Crippen molar-refractivity contribution < 1.29 is 27.8 Å². The van der Waals surface area contributed by atoms with Crippen LogP contribution in [0.2, 0.25) is 0 Å². The number of halogens is 2. The molecule has 2 N–H and O–H groups in total. The molecule has 2 amide bonds. The van der Waals surface area contributed by atoms with Gasteiger partial charge in [0.05, 0.1) is 12.0 Å². The summed E-state index contributed by atoms with van der Waals surface area (Å²) in [4.78, 5) is 30.6. The maximum Gasteiger partial charge on any atom is 0.410 e. The number of hydrogen-bond acceptors (Lipinski definition) is 5. The fraction of sp³-hybridized carbons (Fsp3) is 0.696. The second-order valence-corrected chi connectivity index (χ2v) is 10.2. The van der Waals surface area contributed by atoms with E-state index in [1.807, 2.05) is 0 Å². The molecule has 0 radical (unpaired) electrons. The van der Waals surface area contributed by atoms with Crippen LogP contribution in [0.25, 0.3) is 0 Å². The quantitative estimate of drug-likeness (QED) is 0.743. The Morgan fingerprint density at radius 1 is 1.22 bits per heavy atom. The van der Waals surface area contributed by atoms with Crippen LogP contribution < -0.4 is 10.5 Å². The first-order chi connectivity index (χ1) is 15.1. The standard InChI is InChI=1S/C23H29F2N3O4/c1-22(24,25)16-2-3-18(27-11-16)31-17-4-5-28(12-17)21(30)32-19-14-6-13-7-15(19)10-23(8-13,9-14)20(26)29/h2-3,11,13-15,17,19H,4-10,12H2,1H3,(H2,26,29)/t13?,14?,15?,17-,19?,23?/m0/s1. The lowest BCUT2D eigenvalue weighted by molar-refractivity contribution is -0.161. The molecular formula is C23H29F2N3O4. The second kappa shape index (κ2) is 7.56. The molecule has 7 nitrogen and oxygen atoms in total. The molecule has 3 atom stereocenters. The van der Waals surface area contributed by atoms with Crippen LogP contribution in [0.3, 0.4) is 0 Å². The van der Waals surface area contributed by atoms with Gasteiger partial charge in [-0.3, -0.25) is 4.79 Å². The molecule has 0 aromatic carbocycles. The normalized spacial score (nSPS) is 35.7. The van der Waals surface area contributed by atoms with Crippen LogP contribution in [0.4, 0.5) is 13.6 Å². The fourth-order valence-corrected chi connectivity index (χ4v) is 6.53. The van der Waals surface area contributed by atoms with Crippen molar-refractivity contribution >= 4 is 12.0 Å². The van der Waals surface area contributed by atoms with Gasteiger partial charge in [-0.1, -0.05) is 0 Å². The van der Waals surface area contributed by atoms with Crippen molar-refractivity contribution in [2.24, 2.45) is 28.9 Å². The molecule has 0 spiro atoms. The van der Waals surface area contributed by atoms with Gasteiger partial charge in [-0.05, 0) is 55.9 Å². The van der Waals surface area contributed by atoms with Crippen molar-refractivity contribution in [1.82, 2.24) is 9.88 Å². The summed E-state index contributed by atoms with van der Waals surface area (Å²) >= 11 is 0. The molecule has 4 saturated carbocycles. The third-order valence-corrected chi connectivity index (χ3v) is 7.88. The van der Waals surface area contributed by atoms with E-state index in [-0.39, 0.29) is 47.5 Å². The minimum atomic E-state index is -2.95. The third kappa shape index (κ3) is 3.79. The highest BCUT2D eigenvalue weighted by molar-refractivity contribution is 5.81. The number of nitrogens with zero attached hydrogens (tertiary/aromatic N) is 2. The second-order valence-electron chi connectivity index (χ2n) is 10.2. The van der Waals surface area contributed by atoms with Gasteiger partial charge in [-0.25, -0.2) is 18.6 Å². The number of ether oxygens (including phenoxy) is 2. The summed E-state index contributed by atoms with van der Waals surface area (Å²) in [6.45, 7) is 1.69. The van der Waals surface area contributed by atoms with Crippen LogP contribution in [0.1, 0.15) is 51.0 Å². The minimum Gasteiger partial charge on any atom is -0.472 e. The van der Waals surface area contributed by atoms with Crippen LogP contribution >= 0.6 is 0 Å². The van der Waals surface area contributed by atoms with Gasteiger partial charge in [0.2, 0.25) is 11.8 Å². The highest BCUT2D eigenvalue weighted by Crippen LogP contribution is 2.60. The molecule has 4 aliphatic carbocycles. The van der Waals surface area contributed by atoms with Gasteiger partial charge in [0.15, 0.2) is 0 Å². The predicted octanol–water partition coefficient (Wildman–Crippen LogP) is 3.46. The van der Waals surface area contributed by atoms with Crippen molar-refractivity contribution in [1.29, 1.82) is 0 Å². The Morgan fingerprint density at radius 2 is 1.94 bits per heavy atom. The summed E-state index contributed by atoms with van der Waals surface area (Å²) in [5.74, 6) is -1.99. The Labute approximate surface area is 185 Å². The van der Waals surface area contributed by atoms with Crippen molar-refractivity contribution in [3.8, 4) is 5.88 Å². The van der Waals surface area contributed by atoms with Gasteiger partial charge in [-0.2, -0.15) is 0 Å². The van der Waals surface area contributed by atoms with Gasteiger partial charge in [-0.15, -0.1) is 0 Å². The number of aromatic nitrogens is 1. The van der Waals surface area contributed by atoms with Crippen LogP contribution in [-0.2, 0) is 15.5 Å². The molecule has 2 unspecified atom stereocenters. The molecule has 1 aliphatic heterocycles. The lowest BCUT2D eigenvalue weighted by atomic mass is 9.48. The number of amides is 2. The van der Waals surface area contributed by atoms with Crippen molar-refractivity contribution in [3.63, 3.8) is 0 Å². The molecular weight excluding hydrogens is 420 g/mol. The maximum absolute atomic E-state index is 13.3. The van der Waals surface area contributed by atoms with Gasteiger partial charge >= 0.3 is 6.09 Å². The van der Waals surface area contributed by atoms with Gasteiger partial charge in [0.25, 0.3) is 5.92 Å². The lowest BCUT2D eigenvalue weighted by Gasteiger charge is -2.58. The largest absolute Gasteiger partial charge is 0.472 e. The van der Waals surface area contributed by atoms with Crippen LogP contribution in [0.15, 0.2) is 18.3 Å². The molecule has 4 bridgehead atoms. The van der Waals surface area contributed by atoms with Crippen LogP contribution in [-0.4, -0.2) is 47.2 Å². The number of rotatable bonds is 5. The Bertz CT molecular complexity index is 887. The first-order valence-electron chi connectivity index (χ1n) is 11.4.